The molecule has 1 aliphatic heterocycles. The molecule has 1 aliphatic rings. The number of nitrogens with one attached hydrogen (secondary N) is 1. The minimum atomic E-state index is 0.607. The van der Waals surface area contributed by atoms with Gasteiger partial charge in [0, 0.05) is 37.2 Å². The Bertz CT molecular complexity index is 355. The minimum absolute atomic E-state index is 0.607. The Morgan fingerprint density at radius 2 is 2.17 bits per heavy atom. The highest BCUT2D eigenvalue weighted by Gasteiger charge is 2.14. The van der Waals surface area contributed by atoms with E-state index in [9.17, 15) is 0 Å². The number of benzene rings is 1. The first-order chi connectivity index (χ1) is 8.74. The van der Waals surface area contributed by atoms with Gasteiger partial charge in [-0.2, -0.15) is 0 Å². The summed E-state index contributed by atoms with van der Waals surface area (Å²) < 4.78 is 5.68. The molecular formula is C14H21ClN2O. The van der Waals surface area contributed by atoms with E-state index in [1.165, 1.54) is 0 Å². The number of hydrogen-bond acceptors (Lipinski definition) is 3. The monoisotopic (exact) mass is 268 g/mol. The molecule has 0 unspecified atom stereocenters. The fourth-order valence-electron chi connectivity index (χ4n) is 2.22. The smallest absolute Gasteiger partial charge is 0.119 e. The fraction of sp³-hybridized carbons (Fsp3) is 0.571. The van der Waals surface area contributed by atoms with E-state index < -0.39 is 0 Å². The Morgan fingerprint density at radius 1 is 1.39 bits per heavy atom. The summed E-state index contributed by atoms with van der Waals surface area (Å²) in [5.74, 6) is 0.896. The maximum Gasteiger partial charge on any atom is 0.119 e. The van der Waals surface area contributed by atoms with Gasteiger partial charge in [0.2, 0.25) is 0 Å². The van der Waals surface area contributed by atoms with Crippen LogP contribution in [0.4, 0.5) is 0 Å². The molecule has 0 spiro atoms. The summed E-state index contributed by atoms with van der Waals surface area (Å²) in [6, 6.07) is 8.14. The highest BCUT2D eigenvalue weighted by molar-refractivity contribution is 6.30. The number of ether oxygens (including phenoxy) is 1. The molecule has 0 aromatic heterocycles. The SMILES string of the molecule is C[C@H]1CN(CCCOc2ccc(Cl)cc2)CCN1. The molecule has 1 saturated heterocycles. The highest BCUT2D eigenvalue weighted by atomic mass is 35.5. The third kappa shape index (κ3) is 4.48. The van der Waals surface area contributed by atoms with Crippen molar-refractivity contribution in [2.45, 2.75) is 19.4 Å². The van der Waals surface area contributed by atoms with Crippen molar-refractivity contribution in [2.75, 3.05) is 32.8 Å². The quantitative estimate of drug-likeness (QED) is 0.830. The Labute approximate surface area is 114 Å². The molecule has 1 atom stereocenters. The summed E-state index contributed by atoms with van der Waals surface area (Å²) in [6.07, 6.45) is 1.06. The van der Waals surface area contributed by atoms with Gasteiger partial charge in [0.1, 0.15) is 5.75 Å². The van der Waals surface area contributed by atoms with E-state index in [1.54, 1.807) is 0 Å². The topological polar surface area (TPSA) is 24.5 Å². The van der Waals surface area contributed by atoms with Crippen molar-refractivity contribution in [1.29, 1.82) is 0 Å². The summed E-state index contributed by atoms with van der Waals surface area (Å²) in [4.78, 5) is 2.49. The van der Waals surface area contributed by atoms with Crippen LogP contribution in [0.25, 0.3) is 0 Å². The van der Waals surface area contributed by atoms with Crippen LogP contribution in [0.1, 0.15) is 13.3 Å². The number of rotatable bonds is 5. The van der Waals surface area contributed by atoms with Crippen molar-refractivity contribution in [3.8, 4) is 5.75 Å². The Balaban J connectivity index is 1.62. The molecule has 0 saturated carbocycles. The number of piperazine rings is 1. The van der Waals surface area contributed by atoms with E-state index in [0.717, 1.165) is 50.0 Å². The lowest BCUT2D eigenvalue weighted by molar-refractivity contribution is 0.189. The molecule has 1 aromatic rings. The summed E-state index contributed by atoms with van der Waals surface area (Å²) in [5, 5.41) is 4.20. The van der Waals surface area contributed by atoms with Gasteiger partial charge in [0.15, 0.2) is 0 Å². The van der Waals surface area contributed by atoms with Crippen molar-refractivity contribution in [3.63, 3.8) is 0 Å². The molecule has 1 aromatic carbocycles. The average molecular weight is 269 g/mol. The van der Waals surface area contributed by atoms with Gasteiger partial charge in [0.25, 0.3) is 0 Å². The zero-order chi connectivity index (χ0) is 12.8. The van der Waals surface area contributed by atoms with E-state index in [1.807, 2.05) is 24.3 Å². The second kappa shape index (κ2) is 6.98. The standard InChI is InChI=1S/C14H21ClN2O/c1-12-11-17(9-7-16-12)8-2-10-18-14-5-3-13(15)4-6-14/h3-6,12,16H,2,7-11H2,1H3/t12-/m0/s1. The van der Waals surface area contributed by atoms with E-state index in [0.29, 0.717) is 6.04 Å². The summed E-state index contributed by atoms with van der Waals surface area (Å²) in [7, 11) is 0. The van der Waals surface area contributed by atoms with E-state index >= 15 is 0 Å². The number of hydrogen-bond donors (Lipinski definition) is 1. The molecule has 0 amide bonds. The van der Waals surface area contributed by atoms with Crippen molar-refractivity contribution in [2.24, 2.45) is 0 Å². The molecule has 1 fully saturated rings. The average Bonchev–Trinajstić information content (AvgIpc) is 2.37. The van der Waals surface area contributed by atoms with Crippen LogP contribution in [0.5, 0.6) is 5.75 Å². The molecule has 100 valence electrons. The van der Waals surface area contributed by atoms with Crippen LogP contribution in [0.2, 0.25) is 5.02 Å². The van der Waals surface area contributed by atoms with Crippen molar-refractivity contribution in [3.05, 3.63) is 29.3 Å². The number of halogens is 1. The predicted octanol–water partition coefficient (Wildman–Crippen LogP) is 2.40. The fourth-order valence-corrected chi connectivity index (χ4v) is 2.35. The van der Waals surface area contributed by atoms with Crippen LogP contribution < -0.4 is 10.1 Å². The molecule has 1 N–H and O–H groups in total. The van der Waals surface area contributed by atoms with Crippen LogP contribution in [0.15, 0.2) is 24.3 Å². The number of nitrogens with zero attached hydrogens (tertiary/aromatic N) is 1. The van der Waals surface area contributed by atoms with Gasteiger partial charge in [-0.1, -0.05) is 11.6 Å². The van der Waals surface area contributed by atoms with Crippen LogP contribution >= 0.6 is 11.6 Å². The first kappa shape index (κ1) is 13.7. The second-order valence-electron chi connectivity index (χ2n) is 4.81. The predicted molar refractivity (Wildman–Crippen MR) is 75.5 cm³/mol. The lowest BCUT2D eigenvalue weighted by atomic mass is 10.2. The zero-order valence-electron chi connectivity index (χ0n) is 10.9. The summed E-state index contributed by atoms with van der Waals surface area (Å²) in [6.45, 7) is 7.49. The van der Waals surface area contributed by atoms with Crippen molar-refractivity contribution in [1.82, 2.24) is 10.2 Å². The molecule has 0 bridgehead atoms. The van der Waals surface area contributed by atoms with E-state index in [2.05, 4.69) is 17.1 Å². The summed E-state index contributed by atoms with van der Waals surface area (Å²) >= 11 is 5.82. The van der Waals surface area contributed by atoms with Gasteiger partial charge in [-0.25, -0.2) is 0 Å². The molecule has 0 radical (unpaired) electrons. The Morgan fingerprint density at radius 3 is 2.89 bits per heavy atom. The summed E-state index contributed by atoms with van der Waals surface area (Å²) in [5.41, 5.74) is 0. The van der Waals surface area contributed by atoms with Crippen LogP contribution in [-0.4, -0.2) is 43.7 Å². The van der Waals surface area contributed by atoms with Gasteiger partial charge >= 0.3 is 0 Å². The largest absolute Gasteiger partial charge is 0.494 e. The van der Waals surface area contributed by atoms with Gasteiger partial charge in [-0.05, 0) is 37.6 Å². The molecule has 0 aliphatic carbocycles. The second-order valence-corrected chi connectivity index (χ2v) is 5.25. The zero-order valence-corrected chi connectivity index (χ0v) is 11.6. The molecule has 4 heteroatoms. The molecule has 1 heterocycles. The molecule has 18 heavy (non-hydrogen) atoms. The first-order valence-electron chi connectivity index (χ1n) is 6.58. The van der Waals surface area contributed by atoms with E-state index in [4.69, 9.17) is 16.3 Å². The molecule has 3 nitrogen and oxygen atoms in total. The molecular weight excluding hydrogens is 248 g/mol. The lowest BCUT2D eigenvalue weighted by Crippen LogP contribution is -2.49. The Hall–Kier alpha value is -0.770. The maximum absolute atomic E-state index is 5.82. The van der Waals surface area contributed by atoms with Gasteiger partial charge in [-0.3, -0.25) is 0 Å². The van der Waals surface area contributed by atoms with E-state index in [-0.39, 0.29) is 0 Å². The third-order valence-corrected chi connectivity index (χ3v) is 3.41. The van der Waals surface area contributed by atoms with Gasteiger partial charge in [0.05, 0.1) is 6.61 Å². The lowest BCUT2D eigenvalue weighted by Gasteiger charge is -2.31. The van der Waals surface area contributed by atoms with Crippen LogP contribution in [-0.2, 0) is 0 Å². The maximum atomic E-state index is 5.82. The molecule has 2 rings (SSSR count). The Kier molecular flexibility index (Phi) is 5.29. The normalized spacial score (nSPS) is 20.9. The van der Waals surface area contributed by atoms with Crippen LogP contribution in [0.3, 0.4) is 0 Å². The minimum Gasteiger partial charge on any atom is -0.494 e. The van der Waals surface area contributed by atoms with Gasteiger partial charge in [-0.15, -0.1) is 0 Å². The van der Waals surface area contributed by atoms with Crippen molar-refractivity contribution < 1.29 is 4.74 Å². The highest BCUT2D eigenvalue weighted by Crippen LogP contribution is 2.15. The van der Waals surface area contributed by atoms with Crippen molar-refractivity contribution >= 4 is 11.6 Å². The third-order valence-electron chi connectivity index (χ3n) is 3.15. The van der Waals surface area contributed by atoms with Gasteiger partial charge < -0.3 is 15.0 Å². The van der Waals surface area contributed by atoms with Crippen LogP contribution in [0, 0.1) is 0 Å². The first-order valence-corrected chi connectivity index (χ1v) is 6.96.